The van der Waals surface area contributed by atoms with Crippen LogP contribution >= 0.6 is 11.3 Å². The summed E-state index contributed by atoms with van der Waals surface area (Å²) in [7, 11) is 0. The van der Waals surface area contributed by atoms with Crippen molar-refractivity contribution in [3.8, 4) is 5.75 Å². The topological polar surface area (TPSA) is 137 Å². The molecule has 1 N–H and O–H groups in total. The number of rotatable bonds is 7. The van der Waals surface area contributed by atoms with Gasteiger partial charge in [0.15, 0.2) is 12.4 Å². The zero-order chi connectivity index (χ0) is 17.5. The van der Waals surface area contributed by atoms with Gasteiger partial charge in [-0.1, -0.05) is 23.5 Å². The average Bonchev–Trinajstić information content (AvgIpc) is 3.02. The van der Waals surface area contributed by atoms with Crippen molar-refractivity contribution in [2.75, 3.05) is 6.61 Å². The van der Waals surface area contributed by atoms with Gasteiger partial charge in [0.25, 0.3) is 5.91 Å². The number of para-hydroxylation sites is 2. The number of benzene rings is 1. The van der Waals surface area contributed by atoms with Crippen molar-refractivity contribution < 1.29 is 19.4 Å². The normalized spacial score (nSPS) is 10.5. The van der Waals surface area contributed by atoms with Crippen molar-refractivity contribution in [3.63, 3.8) is 0 Å². The molecule has 0 fully saturated rings. The Balaban J connectivity index is 1.86. The monoisotopic (exact) mass is 350 g/mol. The largest absolute Gasteiger partial charge is 0.477 e. The number of nitrogens with one attached hydrogen (secondary N) is 1. The highest BCUT2D eigenvalue weighted by Gasteiger charge is 2.14. The lowest BCUT2D eigenvalue weighted by Crippen LogP contribution is -2.24. The van der Waals surface area contributed by atoms with Gasteiger partial charge in [-0.2, -0.15) is 5.10 Å². The van der Waals surface area contributed by atoms with Crippen LogP contribution in [0.15, 0.2) is 41.5 Å². The summed E-state index contributed by atoms with van der Waals surface area (Å²) in [6.07, 6.45) is 1.25. The smallest absolute Gasteiger partial charge is 0.324 e. The molecule has 0 bridgehead atoms. The first kappa shape index (κ1) is 17.0. The van der Waals surface area contributed by atoms with Gasteiger partial charge in [-0.15, -0.1) is 0 Å². The fourth-order valence-electron chi connectivity index (χ4n) is 1.58. The number of hydrogen-bond donors (Lipinski definition) is 1. The summed E-state index contributed by atoms with van der Waals surface area (Å²) in [5.41, 5.74) is 1.91. The third-order valence-electron chi connectivity index (χ3n) is 2.59. The minimum Gasteiger partial charge on any atom is -0.477 e. The predicted octanol–water partition coefficient (Wildman–Crippen LogP) is 2.09. The Morgan fingerprint density at radius 3 is 2.62 bits per heavy atom. The molecule has 0 aliphatic heterocycles. The SMILES string of the molecule is O=C(COc1ccccc1[N+](=O)[O-])N/N=C\c1ccc([N+](=O)[O-])s1. The second-order valence-electron chi connectivity index (χ2n) is 4.24. The van der Waals surface area contributed by atoms with Gasteiger partial charge in [0, 0.05) is 12.1 Å². The number of nitro groups is 2. The highest BCUT2D eigenvalue weighted by atomic mass is 32.1. The lowest BCUT2D eigenvalue weighted by atomic mass is 10.3. The summed E-state index contributed by atoms with van der Waals surface area (Å²) < 4.78 is 5.08. The van der Waals surface area contributed by atoms with Gasteiger partial charge in [0.1, 0.15) is 0 Å². The van der Waals surface area contributed by atoms with E-state index in [1.807, 2.05) is 0 Å². The highest BCUT2D eigenvalue weighted by Crippen LogP contribution is 2.25. The molecule has 1 heterocycles. The molecule has 24 heavy (non-hydrogen) atoms. The minimum absolute atomic E-state index is 0.0319. The van der Waals surface area contributed by atoms with Crippen LogP contribution < -0.4 is 10.2 Å². The minimum atomic E-state index is -0.629. The van der Waals surface area contributed by atoms with Crippen molar-refractivity contribution >= 4 is 34.1 Å². The van der Waals surface area contributed by atoms with Crippen molar-refractivity contribution in [2.24, 2.45) is 5.10 Å². The first-order valence-electron chi connectivity index (χ1n) is 6.39. The Hall–Kier alpha value is -3.34. The van der Waals surface area contributed by atoms with Crippen LogP contribution in [0.1, 0.15) is 4.88 Å². The van der Waals surface area contributed by atoms with Crippen LogP contribution in [-0.2, 0) is 4.79 Å². The second kappa shape index (κ2) is 7.78. The van der Waals surface area contributed by atoms with Gasteiger partial charge in [0.2, 0.25) is 0 Å². The molecule has 1 amide bonds. The lowest BCUT2D eigenvalue weighted by Gasteiger charge is -2.05. The first-order valence-corrected chi connectivity index (χ1v) is 7.21. The van der Waals surface area contributed by atoms with Crippen LogP contribution in [0.4, 0.5) is 10.7 Å². The summed E-state index contributed by atoms with van der Waals surface area (Å²) in [5.74, 6) is -0.661. The van der Waals surface area contributed by atoms with Crippen LogP contribution in [0, 0.1) is 20.2 Å². The fourth-order valence-corrected chi connectivity index (χ4v) is 2.28. The summed E-state index contributed by atoms with van der Waals surface area (Å²) in [6.45, 7) is -0.465. The average molecular weight is 350 g/mol. The van der Waals surface area contributed by atoms with E-state index < -0.39 is 22.4 Å². The van der Waals surface area contributed by atoms with E-state index in [0.717, 1.165) is 11.3 Å². The molecule has 1 aromatic carbocycles. The Bertz CT molecular complexity index is 803. The number of nitrogens with zero attached hydrogens (tertiary/aromatic N) is 3. The zero-order valence-electron chi connectivity index (χ0n) is 11.9. The van der Waals surface area contributed by atoms with Crippen molar-refractivity contribution in [1.29, 1.82) is 0 Å². The molecular weight excluding hydrogens is 340 g/mol. The number of ether oxygens (including phenoxy) is 1. The molecule has 0 radical (unpaired) electrons. The molecule has 11 heteroatoms. The molecule has 0 aliphatic rings. The number of amides is 1. The van der Waals surface area contributed by atoms with Gasteiger partial charge >= 0.3 is 10.7 Å². The Morgan fingerprint density at radius 2 is 1.96 bits per heavy atom. The molecule has 10 nitrogen and oxygen atoms in total. The fraction of sp³-hybridized carbons (Fsp3) is 0.0769. The summed E-state index contributed by atoms with van der Waals surface area (Å²) >= 11 is 0.902. The maximum atomic E-state index is 11.6. The quantitative estimate of drug-likeness (QED) is 0.461. The molecular formula is C13H10N4O6S. The number of nitro benzene ring substituents is 1. The molecule has 1 aromatic heterocycles. The molecule has 0 saturated heterocycles. The molecule has 0 aliphatic carbocycles. The molecule has 2 rings (SSSR count). The molecule has 0 unspecified atom stereocenters. The number of hydrazone groups is 1. The van der Waals surface area contributed by atoms with Crippen LogP contribution in [-0.4, -0.2) is 28.6 Å². The molecule has 0 spiro atoms. The van der Waals surface area contributed by atoms with E-state index in [-0.39, 0.29) is 16.4 Å². The Kier molecular flexibility index (Phi) is 5.52. The number of carbonyl (C=O) groups excluding carboxylic acids is 1. The van der Waals surface area contributed by atoms with E-state index in [0.29, 0.717) is 4.88 Å². The molecule has 2 aromatic rings. The highest BCUT2D eigenvalue weighted by molar-refractivity contribution is 7.16. The molecule has 124 valence electrons. The summed E-state index contributed by atoms with van der Waals surface area (Å²) in [5, 5.41) is 24.9. The molecule has 0 saturated carbocycles. The maximum absolute atomic E-state index is 11.6. The summed E-state index contributed by atoms with van der Waals surface area (Å²) in [6, 6.07) is 8.47. The molecule has 0 atom stereocenters. The lowest BCUT2D eigenvalue weighted by molar-refractivity contribution is -0.385. The van der Waals surface area contributed by atoms with Crippen molar-refractivity contribution in [3.05, 3.63) is 61.5 Å². The predicted molar refractivity (Wildman–Crippen MR) is 85.3 cm³/mol. The van der Waals surface area contributed by atoms with Crippen LogP contribution in [0.2, 0.25) is 0 Å². The van der Waals surface area contributed by atoms with E-state index in [1.165, 1.54) is 36.5 Å². The van der Waals surface area contributed by atoms with Crippen LogP contribution in [0.5, 0.6) is 5.75 Å². The number of thiophene rings is 1. The van der Waals surface area contributed by atoms with E-state index in [2.05, 4.69) is 10.5 Å². The number of hydrogen-bond acceptors (Lipinski definition) is 8. The number of carbonyl (C=O) groups is 1. The van der Waals surface area contributed by atoms with Crippen LogP contribution in [0.3, 0.4) is 0 Å². The van der Waals surface area contributed by atoms with E-state index in [4.69, 9.17) is 4.74 Å². The van der Waals surface area contributed by atoms with E-state index in [1.54, 1.807) is 6.07 Å². The van der Waals surface area contributed by atoms with Gasteiger partial charge in [-0.25, -0.2) is 5.43 Å². The Morgan fingerprint density at radius 1 is 1.21 bits per heavy atom. The van der Waals surface area contributed by atoms with E-state index >= 15 is 0 Å². The maximum Gasteiger partial charge on any atom is 0.324 e. The van der Waals surface area contributed by atoms with Gasteiger partial charge in [-0.3, -0.25) is 25.0 Å². The zero-order valence-corrected chi connectivity index (χ0v) is 12.8. The third-order valence-corrected chi connectivity index (χ3v) is 3.57. The third kappa shape index (κ3) is 4.58. The second-order valence-corrected chi connectivity index (χ2v) is 5.33. The Labute approximate surface area is 138 Å². The van der Waals surface area contributed by atoms with Crippen molar-refractivity contribution in [2.45, 2.75) is 0 Å². The van der Waals surface area contributed by atoms with Gasteiger partial charge in [0.05, 0.1) is 20.9 Å². The van der Waals surface area contributed by atoms with Gasteiger partial charge < -0.3 is 4.74 Å². The van der Waals surface area contributed by atoms with Crippen LogP contribution in [0.25, 0.3) is 0 Å². The summed E-state index contributed by atoms with van der Waals surface area (Å²) in [4.78, 5) is 32.3. The standard InChI is InChI=1S/C13H10N4O6S/c18-12(8-23-11-4-2-1-3-10(11)16(19)20)15-14-7-9-5-6-13(24-9)17(21)22/h1-7H,8H2,(H,15,18)/b14-7-. The first-order chi connectivity index (χ1) is 11.5. The van der Waals surface area contributed by atoms with Gasteiger partial charge in [-0.05, 0) is 12.1 Å². The van der Waals surface area contributed by atoms with Crippen molar-refractivity contribution in [1.82, 2.24) is 5.43 Å². The van der Waals surface area contributed by atoms with E-state index in [9.17, 15) is 25.0 Å².